The maximum absolute atomic E-state index is 12.7. The fourth-order valence-corrected chi connectivity index (χ4v) is 2.81. The average molecular weight is 388 g/mol. The minimum atomic E-state index is -0.343. The summed E-state index contributed by atoms with van der Waals surface area (Å²) >= 11 is 0. The summed E-state index contributed by atoms with van der Waals surface area (Å²) in [7, 11) is 1.48. The van der Waals surface area contributed by atoms with Crippen molar-refractivity contribution in [2.24, 2.45) is 0 Å². The Morgan fingerprint density at radius 3 is 2.34 bits per heavy atom. The maximum Gasteiger partial charge on any atom is 0.224 e. The van der Waals surface area contributed by atoms with Crippen molar-refractivity contribution in [1.29, 1.82) is 0 Å². The molecule has 1 N–H and O–H groups in total. The number of methoxy groups -OCH3 is 1. The van der Waals surface area contributed by atoms with Crippen LogP contribution < -0.4 is 10.1 Å². The van der Waals surface area contributed by atoms with Crippen LogP contribution in [0.4, 0.5) is 5.69 Å². The smallest absolute Gasteiger partial charge is 0.224 e. The van der Waals surface area contributed by atoms with Crippen molar-refractivity contribution in [3.8, 4) is 5.75 Å². The molecule has 3 rings (SSSR count). The predicted molar refractivity (Wildman–Crippen MR) is 109 cm³/mol. The SMILES string of the molecule is COc1ccc(C(=O)c2ccccc2)cc1NC(=O)CCC(=O)c1cccnc1. The molecule has 0 unspecified atom stereocenters. The highest BCUT2D eigenvalue weighted by Crippen LogP contribution is 2.27. The lowest BCUT2D eigenvalue weighted by Gasteiger charge is -2.12. The molecule has 1 heterocycles. The van der Waals surface area contributed by atoms with E-state index in [-0.39, 0.29) is 30.3 Å². The minimum absolute atomic E-state index is 0.00768. The first-order valence-electron chi connectivity index (χ1n) is 9.09. The summed E-state index contributed by atoms with van der Waals surface area (Å²) < 4.78 is 5.28. The van der Waals surface area contributed by atoms with Crippen LogP contribution in [-0.2, 0) is 4.79 Å². The van der Waals surface area contributed by atoms with Gasteiger partial charge >= 0.3 is 0 Å². The van der Waals surface area contributed by atoms with Gasteiger partial charge in [0.1, 0.15) is 5.75 Å². The van der Waals surface area contributed by atoms with Gasteiger partial charge in [0.15, 0.2) is 11.6 Å². The van der Waals surface area contributed by atoms with E-state index in [2.05, 4.69) is 10.3 Å². The second kappa shape index (κ2) is 9.41. The highest BCUT2D eigenvalue weighted by atomic mass is 16.5. The lowest BCUT2D eigenvalue weighted by Crippen LogP contribution is -2.15. The second-order valence-corrected chi connectivity index (χ2v) is 6.32. The summed E-state index contributed by atoms with van der Waals surface area (Å²) in [5.74, 6) is -0.227. The molecule has 0 atom stereocenters. The van der Waals surface area contributed by atoms with E-state index >= 15 is 0 Å². The fourth-order valence-electron chi connectivity index (χ4n) is 2.81. The number of nitrogens with one attached hydrogen (secondary N) is 1. The molecular weight excluding hydrogens is 368 g/mol. The molecule has 146 valence electrons. The number of benzene rings is 2. The molecule has 0 fully saturated rings. The molecule has 1 aromatic heterocycles. The zero-order chi connectivity index (χ0) is 20.6. The zero-order valence-electron chi connectivity index (χ0n) is 15.9. The predicted octanol–water partition coefficient (Wildman–Crippen LogP) is 3.92. The van der Waals surface area contributed by atoms with Crippen LogP contribution in [0.15, 0.2) is 73.1 Å². The maximum atomic E-state index is 12.7. The molecule has 2 aromatic carbocycles. The number of ketones is 2. The van der Waals surface area contributed by atoms with Gasteiger partial charge in [-0.1, -0.05) is 30.3 Å². The highest BCUT2D eigenvalue weighted by Gasteiger charge is 2.15. The van der Waals surface area contributed by atoms with Crippen LogP contribution in [0.25, 0.3) is 0 Å². The standard InChI is InChI=1S/C23H20N2O4/c1-29-21-11-9-17(23(28)16-6-3-2-4-7-16)14-19(21)25-22(27)12-10-20(26)18-8-5-13-24-15-18/h2-9,11,13-15H,10,12H2,1H3,(H,25,27). The van der Waals surface area contributed by atoms with Gasteiger partial charge in [-0.05, 0) is 30.3 Å². The third kappa shape index (κ3) is 5.13. The van der Waals surface area contributed by atoms with E-state index in [1.165, 1.54) is 13.3 Å². The molecule has 0 radical (unpaired) electrons. The number of hydrogen-bond donors (Lipinski definition) is 1. The molecule has 0 aliphatic heterocycles. The lowest BCUT2D eigenvalue weighted by molar-refractivity contribution is -0.116. The summed E-state index contributed by atoms with van der Waals surface area (Å²) in [5, 5.41) is 2.73. The van der Waals surface area contributed by atoms with Crippen LogP contribution in [0.1, 0.15) is 39.1 Å². The third-order valence-electron chi connectivity index (χ3n) is 4.33. The van der Waals surface area contributed by atoms with Crippen LogP contribution in [0.3, 0.4) is 0 Å². The molecule has 0 spiro atoms. The van der Waals surface area contributed by atoms with Crippen LogP contribution in [0.5, 0.6) is 5.75 Å². The largest absolute Gasteiger partial charge is 0.495 e. The third-order valence-corrected chi connectivity index (χ3v) is 4.33. The van der Waals surface area contributed by atoms with E-state index in [9.17, 15) is 14.4 Å². The summed E-state index contributed by atoms with van der Waals surface area (Å²) in [5.41, 5.74) is 1.83. The van der Waals surface area contributed by atoms with Gasteiger partial charge in [-0.2, -0.15) is 0 Å². The van der Waals surface area contributed by atoms with Gasteiger partial charge in [-0.15, -0.1) is 0 Å². The number of carbonyl (C=O) groups excluding carboxylic acids is 3. The molecule has 0 saturated heterocycles. The number of carbonyl (C=O) groups is 3. The second-order valence-electron chi connectivity index (χ2n) is 6.32. The van der Waals surface area contributed by atoms with Gasteiger partial charge < -0.3 is 10.1 Å². The Hall–Kier alpha value is -3.80. The first kappa shape index (κ1) is 19.9. The Balaban J connectivity index is 1.69. The highest BCUT2D eigenvalue weighted by molar-refractivity contribution is 6.10. The van der Waals surface area contributed by atoms with Gasteiger partial charge in [0.25, 0.3) is 0 Å². The fraction of sp³-hybridized carbons (Fsp3) is 0.130. The number of pyridine rings is 1. The van der Waals surface area contributed by atoms with Gasteiger partial charge in [0.05, 0.1) is 12.8 Å². The van der Waals surface area contributed by atoms with E-state index in [0.717, 1.165) is 0 Å². The Labute approximate surface area is 168 Å². The first-order valence-corrected chi connectivity index (χ1v) is 9.09. The molecule has 1 amide bonds. The molecule has 3 aromatic rings. The Morgan fingerprint density at radius 2 is 1.66 bits per heavy atom. The molecule has 29 heavy (non-hydrogen) atoms. The van der Waals surface area contributed by atoms with Gasteiger partial charge in [-0.3, -0.25) is 19.4 Å². The van der Waals surface area contributed by atoms with Crippen molar-refractivity contribution in [2.75, 3.05) is 12.4 Å². The first-order chi connectivity index (χ1) is 14.1. The zero-order valence-corrected chi connectivity index (χ0v) is 15.9. The van der Waals surface area contributed by atoms with Crippen molar-refractivity contribution in [2.45, 2.75) is 12.8 Å². The van der Waals surface area contributed by atoms with Crippen molar-refractivity contribution in [3.63, 3.8) is 0 Å². The Bertz CT molecular complexity index is 1020. The van der Waals surface area contributed by atoms with Crippen molar-refractivity contribution in [3.05, 3.63) is 89.7 Å². The van der Waals surface area contributed by atoms with Gasteiger partial charge in [0, 0.05) is 41.9 Å². The molecule has 0 saturated carbocycles. The van der Waals surface area contributed by atoms with E-state index in [1.54, 1.807) is 60.8 Å². The summed E-state index contributed by atoms with van der Waals surface area (Å²) in [4.78, 5) is 41.0. The van der Waals surface area contributed by atoms with Crippen molar-refractivity contribution in [1.82, 2.24) is 4.98 Å². The van der Waals surface area contributed by atoms with E-state index in [0.29, 0.717) is 28.1 Å². The van der Waals surface area contributed by atoms with Gasteiger partial charge in [0.2, 0.25) is 5.91 Å². The minimum Gasteiger partial charge on any atom is -0.495 e. The molecular formula is C23H20N2O4. The van der Waals surface area contributed by atoms with Crippen LogP contribution >= 0.6 is 0 Å². The number of anilines is 1. The molecule has 0 aliphatic carbocycles. The monoisotopic (exact) mass is 388 g/mol. The van der Waals surface area contributed by atoms with Crippen LogP contribution in [0, 0.1) is 0 Å². The lowest BCUT2D eigenvalue weighted by atomic mass is 10.0. The van der Waals surface area contributed by atoms with E-state index < -0.39 is 0 Å². The topological polar surface area (TPSA) is 85.4 Å². The summed E-state index contributed by atoms with van der Waals surface area (Å²) in [6.07, 6.45) is 3.12. The number of hydrogen-bond acceptors (Lipinski definition) is 5. The quantitative estimate of drug-likeness (QED) is 0.591. The molecule has 6 heteroatoms. The Kier molecular flexibility index (Phi) is 6.47. The van der Waals surface area contributed by atoms with E-state index in [1.807, 2.05) is 6.07 Å². The number of amides is 1. The average Bonchev–Trinajstić information content (AvgIpc) is 2.78. The normalized spacial score (nSPS) is 10.2. The number of nitrogens with zero attached hydrogens (tertiary/aromatic N) is 1. The summed E-state index contributed by atoms with van der Waals surface area (Å²) in [6, 6.07) is 17.1. The molecule has 0 aliphatic rings. The molecule has 6 nitrogen and oxygen atoms in total. The van der Waals surface area contributed by atoms with Crippen LogP contribution in [0.2, 0.25) is 0 Å². The van der Waals surface area contributed by atoms with Crippen LogP contribution in [-0.4, -0.2) is 29.6 Å². The van der Waals surface area contributed by atoms with Gasteiger partial charge in [-0.25, -0.2) is 0 Å². The number of Topliss-reactive ketones (excluding diaryl/α,β-unsaturated/α-hetero) is 1. The van der Waals surface area contributed by atoms with Crippen molar-refractivity contribution < 1.29 is 19.1 Å². The Morgan fingerprint density at radius 1 is 0.897 bits per heavy atom. The van der Waals surface area contributed by atoms with E-state index in [4.69, 9.17) is 4.74 Å². The van der Waals surface area contributed by atoms with Crippen molar-refractivity contribution >= 4 is 23.2 Å². The number of aromatic nitrogens is 1. The summed E-state index contributed by atoms with van der Waals surface area (Å²) in [6.45, 7) is 0. The number of rotatable bonds is 8. The number of ether oxygens (including phenoxy) is 1. The molecule has 0 bridgehead atoms.